The quantitative estimate of drug-likeness (QED) is 0.861. The Morgan fingerprint density at radius 2 is 2.16 bits per heavy atom. The Kier molecular flexibility index (Phi) is 4.50. The van der Waals surface area contributed by atoms with Crippen molar-refractivity contribution in [3.8, 4) is 0 Å². The second-order valence-corrected chi connectivity index (χ2v) is 5.03. The summed E-state index contributed by atoms with van der Waals surface area (Å²) < 4.78 is 14.0. The molecule has 0 saturated carbocycles. The molecular weight excluding hydrogens is 335 g/mol. The minimum atomic E-state index is -0.395. The van der Waals surface area contributed by atoms with Gasteiger partial charge in [0.25, 0.3) is 0 Å². The third-order valence-corrected chi connectivity index (χ3v) is 3.52. The van der Waals surface area contributed by atoms with Gasteiger partial charge in [0.15, 0.2) is 0 Å². The number of halogens is 3. The van der Waals surface area contributed by atoms with Crippen molar-refractivity contribution in [1.82, 2.24) is 4.98 Å². The van der Waals surface area contributed by atoms with Gasteiger partial charge in [0.1, 0.15) is 11.0 Å². The zero-order valence-corrected chi connectivity index (χ0v) is 12.0. The highest BCUT2D eigenvalue weighted by Crippen LogP contribution is 2.23. The summed E-state index contributed by atoms with van der Waals surface area (Å²) in [4.78, 5) is 15.7. The molecule has 1 N–H and O–H groups in total. The second kappa shape index (κ2) is 6.12. The van der Waals surface area contributed by atoms with Crippen LogP contribution in [-0.4, -0.2) is 10.9 Å². The number of hydrogen-bond acceptors (Lipinski definition) is 2. The van der Waals surface area contributed by atoms with Crippen LogP contribution in [0.3, 0.4) is 0 Å². The van der Waals surface area contributed by atoms with Crippen LogP contribution in [0.5, 0.6) is 0 Å². The predicted molar refractivity (Wildman–Crippen MR) is 75.7 cm³/mol. The minimum Gasteiger partial charge on any atom is -0.324 e. The van der Waals surface area contributed by atoms with E-state index < -0.39 is 5.82 Å². The van der Waals surface area contributed by atoms with Gasteiger partial charge in [0.2, 0.25) is 5.91 Å². The fraction of sp³-hybridized carbons (Fsp3) is 0.0769. The van der Waals surface area contributed by atoms with E-state index in [0.717, 1.165) is 0 Å². The van der Waals surface area contributed by atoms with Crippen LogP contribution < -0.4 is 5.32 Å². The van der Waals surface area contributed by atoms with Crippen LogP contribution >= 0.6 is 27.5 Å². The highest BCUT2D eigenvalue weighted by molar-refractivity contribution is 9.10. The Bertz CT molecular complexity index is 621. The second-order valence-electron chi connectivity index (χ2n) is 3.81. The van der Waals surface area contributed by atoms with Gasteiger partial charge in [-0.15, -0.1) is 0 Å². The molecule has 0 saturated heterocycles. The lowest BCUT2D eigenvalue weighted by Crippen LogP contribution is -2.15. The first-order chi connectivity index (χ1) is 9.06. The molecule has 0 atom stereocenters. The Morgan fingerprint density at radius 1 is 1.42 bits per heavy atom. The summed E-state index contributed by atoms with van der Waals surface area (Å²) in [5.41, 5.74) is 0.846. The molecule has 0 bridgehead atoms. The zero-order valence-electron chi connectivity index (χ0n) is 9.66. The highest BCUT2D eigenvalue weighted by Gasteiger charge is 2.09. The number of rotatable bonds is 3. The number of carbonyl (C=O) groups excluding carboxylic acids is 1. The lowest BCUT2D eigenvalue weighted by atomic mass is 10.1. The number of anilines is 1. The van der Waals surface area contributed by atoms with Crippen molar-refractivity contribution in [2.24, 2.45) is 0 Å². The van der Waals surface area contributed by atoms with Crippen LogP contribution in [0.25, 0.3) is 0 Å². The first-order valence-corrected chi connectivity index (χ1v) is 6.57. The molecule has 0 fully saturated rings. The summed E-state index contributed by atoms with van der Waals surface area (Å²) in [7, 11) is 0. The Hall–Kier alpha value is -1.46. The van der Waals surface area contributed by atoms with Crippen LogP contribution in [0.1, 0.15) is 5.56 Å². The van der Waals surface area contributed by atoms with Crippen molar-refractivity contribution in [2.75, 3.05) is 5.32 Å². The van der Waals surface area contributed by atoms with Crippen LogP contribution in [0.2, 0.25) is 5.15 Å². The Labute approximate surface area is 122 Å². The number of aromatic nitrogens is 1. The summed E-state index contributed by atoms with van der Waals surface area (Å²) in [6.45, 7) is 0. The topological polar surface area (TPSA) is 42.0 Å². The summed E-state index contributed by atoms with van der Waals surface area (Å²) in [6.07, 6.45) is 1.40. The molecule has 6 heteroatoms. The van der Waals surface area contributed by atoms with E-state index in [1.165, 1.54) is 12.3 Å². The van der Waals surface area contributed by atoms with Gasteiger partial charge in [-0.25, -0.2) is 9.37 Å². The summed E-state index contributed by atoms with van der Waals surface area (Å²) in [5.74, 6) is -0.714. The maximum absolute atomic E-state index is 13.4. The number of hydrogen-bond donors (Lipinski definition) is 1. The molecule has 1 heterocycles. The van der Waals surface area contributed by atoms with Gasteiger partial charge in [0.05, 0.1) is 22.8 Å². The molecule has 3 nitrogen and oxygen atoms in total. The highest BCUT2D eigenvalue weighted by atomic mass is 79.9. The maximum Gasteiger partial charge on any atom is 0.228 e. The summed E-state index contributed by atoms with van der Waals surface area (Å²) in [6, 6.07) is 7.80. The standard InChI is InChI=1S/C13H9BrClFN2O/c14-10-6-9(7-17-13(10)15)18-12(19)5-8-3-1-2-4-11(8)16/h1-4,6-7H,5H2,(H,18,19). The number of amides is 1. The number of nitrogens with zero attached hydrogens (tertiary/aromatic N) is 1. The largest absolute Gasteiger partial charge is 0.324 e. The predicted octanol–water partition coefficient (Wildman–Crippen LogP) is 3.82. The SMILES string of the molecule is O=C(Cc1ccccc1F)Nc1cnc(Cl)c(Br)c1. The lowest BCUT2D eigenvalue weighted by molar-refractivity contribution is -0.115. The van der Waals surface area contributed by atoms with E-state index in [-0.39, 0.29) is 12.3 Å². The van der Waals surface area contributed by atoms with E-state index in [1.54, 1.807) is 24.3 Å². The van der Waals surface area contributed by atoms with E-state index in [4.69, 9.17) is 11.6 Å². The van der Waals surface area contributed by atoms with E-state index >= 15 is 0 Å². The van der Waals surface area contributed by atoms with Crippen molar-refractivity contribution < 1.29 is 9.18 Å². The van der Waals surface area contributed by atoms with E-state index in [1.807, 2.05) is 0 Å². The molecule has 0 aliphatic rings. The Morgan fingerprint density at radius 3 is 2.84 bits per heavy atom. The van der Waals surface area contributed by atoms with Crippen molar-refractivity contribution in [2.45, 2.75) is 6.42 Å². The normalized spacial score (nSPS) is 10.3. The number of benzene rings is 1. The van der Waals surface area contributed by atoms with Gasteiger partial charge < -0.3 is 5.32 Å². The molecule has 2 aromatic rings. The Balaban J connectivity index is 2.05. The fourth-order valence-electron chi connectivity index (χ4n) is 1.51. The van der Waals surface area contributed by atoms with E-state index in [9.17, 15) is 9.18 Å². The third-order valence-electron chi connectivity index (χ3n) is 2.39. The smallest absolute Gasteiger partial charge is 0.228 e. The van der Waals surface area contributed by atoms with E-state index in [0.29, 0.717) is 20.9 Å². The van der Waals surface area contributed by atoms with Gasteiger partial charge in [0, 0.05) is 0 Å². The maximum atomic E-state index is 13.4. The average Bonchev–Trinajstić information content (AvgIpc) is 2.37. The molecule has 0 spiro atoms. The molecule has 98 valence electrons. The lowest BCUT2D eigenvalue weighted by Gasteiger charge is -2.06. The number of nitrogens with one attached hydrogen (secondary N) is 1. The first kappa shape index (κ1) is 14.0. The molecule has 0 radical (unpaired) electrons. The van der Waals surface area contributed by atoms with Gasteiger partial charge in [-0.05, 0) is 33.6 Å². The minimum absolute atomic E-state index is 0.0348. The van der Waals surface area contributed by atoms with E-state index in [2.05, 4.69) is 26.2 Å². The van der Waals surface area contributed by atoms with Gasteiger partial charge in [-0.2, -0.15) is 0 Å². The fourth-order valence-corrected chi connectivity index (χ4v) is 1.96. The van der Waals surface area contributed by atoms with Gasteiger partial charge in [-0.3, -0.25) is 4.79 Å². The molecule has 1 aromatic heterocycles. The molecule has 19 heavy (non-hydrogen) atoms. The van der Waals surface area contributed by atoms with Crippen molar-refractivity contribution in [3.05, 3.63) is 57.5 Å². The number of pyridine rings is 1. The molecular formula is C13H9BrClFN2O. The average molecular weight is 344 g/mol. The van der Waals surface area contributed by atoms with Crippen LogP contribution in [-0.2, 0) is 11.2 Å². The van der Waals surface area contributed by atoms with Crippen molar-refractivity contribution >= 4 is 39.1 Å². The third kappa shape index (κ3) is 3.75. The zero-order chi connectivity index (χ0) is 13.8. The first-order valence-electron chi connectivity index (χ1n) is 5.40. The van der Waals surface area contributed by atoms with Crippen LogP contribution in [0.4, 0.5) is 10.1 Å². The molecule has 0 aliphatic carbocycles. The summed E-state index contributed by atoms with van der Waals surface area (Å²) >= 11 is 8.96. The monoisotopic (exact) mass is 342 g/mol. The van der Waals surface area contributed by atoms with Crippen molar-refractivity contribution in [3.63, 3.8) is 0 Å². The molecule has 1 aromatic carbocycles. The summed E-state index contributed by atoms with van der Waals surface area (Å²) in [5, 5.41) is 2.94. The number of carbonyl (C=O) groups is 1. The molecule has 1 amide bonds. The molecule has 2 rings (SSSR count). The van der Waals surface area contributed by atoms with Crippen LogP contribution in [0.15, 0.2) is 41.0 Å². The molecule has 0 unspecified atom stereocenters. The van der Waals surface area contributed by atoms with Gasteiger partial charge in [-0.1, -0.05) is 29.8 Å². The molecule has 0 aliphatic heterocycles. The van der Waals surface area contributed by atoms with Crippen LogP contribution in [0, 0.1) is 5.82 Å². The van der Waals surface area contributed by atoms with Crippen molar-refractivity contribution in [1.29, 1.82) is 0 Å². The van der Waals surface area contributed by atoms with Gasteiger partial charge >= 0.3 is 0 Å².